The molecule has 0 saturated carbocycles. The summed E-state index contributed by atoms with van der Waals surface area (Å²) in [6, 6.07) is 10.8. The highest BCUT2D eigenvalue weighted by Gasteiger charge is 1.93. The van der Waals surface area contributed by atoms with Crippen LogP contribution in [0.5, 0.6) is 0 Å². The Balaban J connectivity index is 2.15. The van der Waals surface area contributed by atoms with Gasteiger partial charge in [-0.05, 0) is 38.2 Å². The van der Waals surface area contributed by atoms with Crippen LogP contribution in [-0.2, 0) is 6.42 Å². The molecule has 0 saturated heterocycles. The maximum Gasteiger partial charge on any atom is -0.0244 e. The average Bonchev–Trinajstić information content (AvgIpc) is 2.36. The first-order valence-corrected chi connectivity index (χ1v) is 7.02. The molecule has 1 rings (SSSR count). The van der Waals surface area contributed by atoms with Crippen molar-refractivity contribution in [3.63, 3.8) is 0 Å². The molecular formula is C17H26. The molecule has 0 aliphatic rings. The smallest absolute Gasteiger partial charge is 0.0244 e. The van der Waals surface area contributed by atoms with E-state index in [9.17, 15) is 0 Å². The van der Waals surface area contributed by atoms with Crippen molar-refractivity contribution in [1.29, 1.82) is 0 Å². The van der Waals surface area contributed by atoms with Crippen molar-refractivity contribution in [2.24, 2.45) is 0 Å². The van der Waals surface area contributed by atoms with Gasteiger partial charge in [0.2, 0.25) is 0 Å². The van der Waals surface area contributed by atoms with Crippen LogP contribution >= 0.6 is 0 Å². The molecule has 0 aliphatic heterocycles. The average molecular weight is 230 g/mol. The highest BCUT2D eigenvalue weighted by atomic mass is 14.0. The molecule has 0 bridgehead atoms. The highest BCUT2D eigenvalue weighted by molar-refractivity contribution is 5.15. The predicted molar refractivity (Wildman–Crippen MR) is 77.3 cm³/mol. The molecule has 0 N–H and O–H groups in total. The van der Waals surface area contributed by atoms with Crippen molar-refractivity contribution in [2.75, 3.05) is 0 Å². The summed E-state index contributed by atoms with van der Waals surface area (Å²) in [4.78, 5) is 0. The van der Waals surface area contributed by atoms with Crippen LogP contribution < -0.4 is 0 Å². The van der Waals surface area contributed by atoms with E-state index in [0.29, 0.717) is 0 Å². The highest BCUT2D eigenvalue weighted by Crippen LogP contribution is 2.11. The minimum atomic E-state index is 1.17. The van der Waals surface area contributed by atoms with Gasteiger partial charge < -0.3 is 0 Å². The molecule has 0 aliphatic carbocycles. The molecule has 0 atom stereocenters. The number of unbranched alkanes of at least 4 members (excludes halogenated alkanes) is 3. The summed E-state index contributed by atoms with van der Waals surface area (Å²) >= 11 is 0. The minimum Gasteiger partial charge on any atom is -0.0853 e. The van der Waals surface area contributed by atoms with E-state index < -0.39 is 0 Å². The van der Waals surface area contributed by atoms with Crippen molar-refractivity contribution in [3.8, 4) is 0 Å². The lowest BCUT2D eigenvalue weighted by Crippen LogP contribution is -1.84. The normalized spacial score (nSPS) is 11.8. The third kappa shape index (κ3) is 6.99. The van der Waals surface area contributed by atoms with E-state index in [0.717, 1.165) is 0 Å². The van der Waals surface area contributed by atoms with E-state index in [1.54, 1.807) is 5.57 Å². The molecule has 1 aromatic carbocycles. The molecule has 0 heteroatoms. The van der Waals surface area contributed by atoms with Crippen molar-refractivity contribution in [1.82, 2.24) is 0 Å². The van der Waals surface area contributed by atoms with E-state index in [1.807, 2.05) is 0 Å². The van der Waals surface area contributed by atoms with Gasteiger partial charge in [-0.1, -0.05) is 68.2 Å². The predicted octanol–water partition coefficient (Wildman–Crippen LogP) is 5.54. The van der Waals surface area contributed by atoms with E-state index in [1.165, 1.54) is 50.5 Å². The zero-order valence-corrected chi connectivity index (χ0v) is 11.4. The molecule has 17 heavy (non-hydrogen) atoms. The van der Waals surface area contributed by atoms with Crippen LogP contribution in [0.4, 0.5) is 0 Å². The molecule has 0 nitrogen and oxygen atoms in total. The second-order valence-electron chi connectivity index (χ2n) is 4.89. The monoisotopic (exact) mass is 230 g/mol. The summed E-state index contributed by atoms with van der Waals surface area (Å²) in [6.45, 7) is 4.54. The maximum absolute atomic E-state index is 2.42. The summed E-state index contributed by atoms with van der Waals surface area (Å²) < 4.78 is 0. The Kier molecular flexibility index (Phi) is 7.46. The van der Waals surface area contributed by atoms with E-state index in [4.69, 9.17) is 0 Å². The molecule has 0 spiro atoms. The van der Waals surface area contributed by atoms with E-state index in [2.05, 4.69) is 50.3 Å². The lowest BCUT2D eigenvalue weighted by molar-refractivity contribution is 0.663. The second kappa shape index (κ2) is 9.04. The molecule has 94 valence electrons. The fraction of sp³-hybridized carbons (Fsp3) is 0.529. The van der Waals surface area contributed by atoms with Crippen molar-refractivity contribution < 1.29 is 0 Å². The van der Waals surface area contributed by atoms with Gasteiger partial charge >= 0.3 is 0 Å². The minimum absolute atomic E-state index is 1.17. The van der Waals surface area contributed by atoms with Gasteiger partial charge in [-0.2, -0.15) is 0 Å². The topological polar surface area (TPSA) is 0 Å². The van der Waals surface area contributed by atoms with Gasteiger partial charge in [0, 0.05) is 0 Å². The number of hydrogen-bond donors (Lipinski definition) is 0. The lowest BCUT2D eigenvalue weighted by atomic mass is 10.0. The fourth-order valence-electron chi connectivity index (χ4n) is 2.06. The SMILES string of the molecule is CCCCCC/C(C)=C/CCc1ccccc1. The number of aryl methyl sites for hydroxylation is 1. The third-order valence-corrected chi connectivity index (χ3v) is 3.19. The van der Waals surface area contributed by atoms with Gasteiger partial charge in [-0.3, -0.25) is 0 Å². The summed E-state index contributed by atoms with van der Waals surface area (Å²) in [5.74, 6) is 0. The molecule has 0 unspecified atom stereocenters. The van der Waals surface area contributed by atoms with Gasteiger partial charge in [0.1, 0.15) is 0 Å². The zero-order chi connectivity index (χ0) is 12.3. The lowest BCUT2D eigenvalue weighted by Gasteiger charge is -2.02. The van der Waals surface area contributed by atoms with Crippen molar-refractivity contribution in [3.05, 3.63) is 47.5 Å². The molecular weight excluding hydrogens is 204 g/mol. The molecule has 1 aromatic rings. The summed E-state index contributed by atoms with van der Waals surface area (Å²) in [5, 5.41) is 0. The first kappa shape index (κ1) is 14.0. The fourth-order valence-corrected chi connectivity index (χ4v) is 2.06. The third-order valence-electron chi connectivity index (χ3n) is 3.19. The maximum atomic E-state index is 2.42. The van der Waals surface area contributed by atoms with Crippen LogP contribution in [0.2, 0.25) is 0 Å². The van der Waals surface area contributed by atoms with Crippen LogP contribution in [0.3, 0.4) is 0 Å². The van der Waals surface area contributed by atoms with Crippen molar-refractivity contribution in [2.45, 2.75) is 58.8 Å². The first-order chi connectivity index (χ1) is 8.33. The zero-order valence-electron chi connectivity index (χ0n) is 11.4. The van der Waals surface area contributed by atoms with E-state index in [-0.39, 0.29) is 0 Å². The van der Waals surface area contributed by atoms with Crippen molar-refractivity contribution >= 4 is 0 Å². The Morgan fingerprint density at radius 1 is 1.06 bits per heavy atom. The Morgan fingerprint density at radius 3 is 2.53 bits per heavy atom. The summed E-state index contributed by atoms with van der Waals surface area (Å²) in [6.07, 6.45) is 11.5. The van der Waals surface area contributed by atoms with Gasteiger partial charge in [0.15, 0.2) is 0 Å². The second-order valence-corrected chi connectivity index (χ2v) is 4.89. The van der Waals surface area contributed by atoms with Gasteiger partial charge in [0.25, 0.3) is 0 Å². The van der Waals surface area contributed by atoms with E-state index >= 15 is 0 Å². The number of allylic oxidation sites excluding steroid dienone is 2. The molecule has 0 radical (unpaired) electrons. The van der Waals surface area contributed by atoms with Crippen LogP contribution in [-0.4, -0.2) is 0 Å². The van der Waals surface area contributed by atoms with Gasteiger partial charge in [-0.25, -0.2) is 0 Å². The van der Waals surface area contributed by atoms with Crippen LogP contribution in [0, 0.1) is 0 Å². The number of benzene rings is 1. The Bertz CT molecular complexity index is 308. The Hall–Kier alpha value is -1.04. The Morgan fingerprint density at radius 2 is 1.82 bits per heavy atom. The Labute approximate surface area is 107 Å². The molecule has 0 amide bonds. The number of rotatable bonds is 8. The standard InChI is InChI=1S/C17H26/c1-3-4-5-7-11-16(2)12-10-15-17-13-8-6-9-14-17/h6,8-9,12-14H,3-5,7,10-11,15H2,1-2H3/b16-12+. The van der Waals surface area contributed by atoms with Crippen LogP contribution in [0.25, 0.3) is 0 Å². The summed E-state index contributed by atoms with van der Waals surface area (Å²) in [7, 11) is 0. The summed E-state index contributed by atoms with van der Waals surface area (Å²) in [5.41, 5.74) is 3.01. The van der Waals surface area contributed by atoms with Crippen LogP contribution in [0.1, 0.15) is 57.9 Å². The largest absolute Gasteiger partial charge is 0.0853 e. The molecule has 0 aromatic heterocycles. The quantitative estimate of drug-likeness (QED) is 0.406. The first-order valence-electron chi connectivity index (χ1n) is 7.02. The van der Waals surface area contributed by atoms with Gasteiger partial charge in [0.05, 0.1) is 0 Å². The van der Waals surface area contributed by atoms with Crippen LogP contribution in [0.15, 0.2) is 42.0 Å². The number of hydrogen-bond acceptors (Lipinski definition) is 0. The molecule has 0 fully saturated rings. The molecule has 0 heterocycles. The van der Waals surface area contributed by atoms with Gasteiger partial charge in [-0.15, -0.1) is 0 Å².